The molecule has 0 radical (unpaired) electrons. The van der Waals surface area contributed by atoms with Crippen LogP contribution >= 0.6 is 11.6 Å². The van der Waals surface area contributed by atoms with Crippen LogP contribution in [0.2, 0.25) is 0 Å². The summed E-state index contributed by atoms with van der Waals surface area (Å²) < 4.78 is 7.80. The zero-order valence-electron chi connectivity index (χ0n) is 24.6. The number of benzene rings is 2. The van der Waals surface area contributed by atoms with Crippen LogP contribution in [0, 0.1) is 24.2 Å². The Balaban J connectivity index is 1.41. The number of nitrogens with zero attached hydrogens (tertiary/aromatic N) is 7. The number of aryl methyl sites for hydroxylation is 1. The summed E-state index contributed by atoms with van der Waals surface area (Å²) in [6, 6.07) is 16.1. The number of hydrogen-bond acceptors (Lipinski definition) is 10. The molecule has 6 rings (SSSR count). The number of piperazine rings is 1. The highest BCUT2D eigenvalue weighted by atomic mass is 35.5. The molecule has 2 fully saturated rings. The van der Waals surface area contributed by atoms with E-state index < -0.39 is 5.24 Å². The molecule has 12 heteroatoms. The van der Waals surface area contributed by atoms with Crippen LogP contribution < -0.4 is 20.5 Å². The monoisotopic (exact) mass is 612 g/mol. The van der Waals surface area contributed by atoms with E-state index in [1.807, 2.05) is 62.5 Å². The van der Waals surface area contributed by atoms with E-state index >= 15 is 0 Å². The van der Waals surface area contributed by atoms with Gasteiger partial charge in [0.2, 0.25) is 5.24 Å². The lowest BCUT2D eigenvalue weighted by Crippen LogP contribution is -2.51. The molecular formula is C32H33ClN8O3. The van der Waals surface area contributed by atoms with Gasteiger partial charge in [-0.25, -0.2) is 4.98 Å². The Hall–Kier alpha value is -4.37. The number of likely N-dealkylation sites (tertiary alicyclic amines) is 1. The number of likely N-dealkylation sites (N-methyl/N-ethyl adjacent to an activating group) is 1. The second-order valence-corrected chi connectivity index (χ2v) is 11.7. The van der Waals surface area contributed by atoms with E-state index in [1.165, 1.54) is 6.08 Å². The van der Waals surface area contributed by atoms with Crippen molar-refractivity contribution in [2.75, 3.05) is 44.7 Å². The smallest absolute Gasteiger partial charge is 0.319 e. The van der Waals surface area contributed by atoms with Gasteiger partial charge in [-0.1, -0.05) is 42.5 Å². The number of allylic oxidation sites excluding steroid dienone is 1. The Morgan fingerprint density at radius 2 is 1.98 bits per heavy atom. The van der Waals surface area contributed by atoms with Gasteiger partial charge in [-0.15, -0.1) is 0 Å². The third-order valence-corrected chi connectivity index (χ3v) is 8.50. The van der Waals surface area contributed by atoms with Crippen molar-refractivity contribution in [2.24, 2.45) is 5.92 Å². The highest BCUT2D eigenvalue weighted by Gasteiger charge is 2.30. The van der Waals surface area contributed by atoms with Crippen molar-refractivity contribution in [3.63, 3.8) is 0 Å². The number of fused-ring (bicyclic) bond motifs is 2. The number of aromatic nitrogens is 4. The predicted molar refractivity (Wildman–Crippen MR) is 169 cm³/mol. The second kappa shape index (κ2) is 12.7. The normalized spacial score (nSPS) is 20.9. The molecule has 0 saturated carbocycles. The van der Waals surface area contributed by atoms with Gasteiger partial charge in [0.1, 0.15) is 17.9 Å². The summed E-state index contributed by atoms with van der Waals surface area (Å²) in [4.78, 5) is 44.0. The lowest BCUT2D eigenvalue weighted by Gasteiger charge is -2.34. The van der Waals surface area contributed by atoms with Gasteiger partial charge in [-0.2, -0.15) is 15.2 Å². The quantitative estimate of drug-likeness (QED) is 0.234. The van der Waals surface area contributed by atoms with Crippen molar-refractivity contribution in [1.82, 2.24) is 29.7 Å². The molecule has 0 spiro atoms. The van der Waals surface area contributed by atoms with Crippen LogP contribution in [0.3, 0.4) is 0 Å². The molecule has 4 aromatic rings. The molecule has 4 heterocycles. The fourth-order valence-corrected chi connectivity index (χ4v) is 6.29. The molecule has 11 nitrogen and oxygen atoms in total. The maximum Gasteiger partial charge on any atom is 0.319 e. The van der Waals surface area contributed by atoms with Crippen molar-refractivity contribution in [2.45, 2.75) is 31.8 Å². The highest BCUT2D eigenvalue weighted by molar-refractivity contribution is 6.66. The molecule has 2 aromatic heterocycles. The number of rotatable bonds is 8. The van der Waals surface area contributed by atoms with Crippen molar-refractivity contribution in [3.05, 3.63) is 70.8 Å². The van der Waals surface area contributed by atoms with Crippen molar-refractivity contribution < 1.29 is 9.53 Å². The minimum atomic E-state index is -0.493. The fourth-order valence-electron chi connectivity index (χ4n) is 6.22. The highest BCUT2D eigenvalue weighted by Crippen LogP contribution is 2.28. The minimum absolute atomic E-state index is 0.0442. The van der Waals surface area contributed by atoms with Crippen LogP contribution in [0.1, 0.15) is 18.7 Å². The fraction of sp³-hybridized carbons (Fsp3) is 0.375. The van der Waals surface area contributed by atoms with Gasteiger partial charge >= 0.3 is 6.01 Å². The van der Waals surface area contributed by atoms with Crippen LogP contribution in [0.15, 0.2) is 59.4 Å². The lowest BCUT2D eigenvalue weighted by molar-refractivity contribution is -0.107. The summed E-state index contributed by atoms with van der Waals surface area (Å²) in [5.41, 5.74) is 0.985. The number of nitrogens with one attached hydrogen (secondary N) is 1. The van der Waals surface area contributed by atoms with E-state index in [-0.39, 0.29) is 35.1 Å². The molecule has 2 aromatic carbocycles. The Labute approximate surface area is 259 Å². The first-order chi connectivity index (χ1) is 21.3. The lowest BCUT2D eigenvalue weighted by atomic mass is 10.1. The SMILES string of the molecule is Cc1nc2c(N3CCN[C@@H](CC#N)C3)nc(OC[C@@H]3CC(/C=C/C(=O)Cl)CN3C)nc2c(=O)n1-c1cccc2ccccc12. The van der Waals surface area contributed by atoms with E-state index in [4.69, 9.17) is 26.3 Å². The summed E-state index contributed by atoms with van der Waals surface area (Å²) in [5.74, 6) is 1.20. The third kappa shape index (κ3) is 6.01. The molecule has 0 bridgehead atoms. The summed E-state index contributed by atoms with van der Waals surface area (Å²) in [6.45, 7) is 4.69. The summed E-state index contributed by atoms with van der Waals surface area (Å²) in [6.07, 6.45) is 4.36. The zero-order chi connectivity index (χ0) is 30.8. The van der Waals surface area contributed by atoms with Crippen molar-refractivity contribution >= 4 is 44.5 Å². The molecule has 1 unspecified atom stereocenters. The number of carbonyl (C=O) groups excluding carboxylic acids is 1. The summed E-state index contributed by atoms with van der Waals surface area (Å²) >= 11 is 5.49. The van der Waals surface area contributed by atoms with Crippen LogP contribution in [0.4, 0.5) is 5.82 Å². The Bertz CT molecular complexity index is 1850. The van der Waals surface area contributed by atoms with Gasteiger partial charge in [-0.3, -0.25) is 19.1 Å². The van der Waals surface area contributed by atoms with Crippen LogP contribution in [-0.2, 0) is 4.79 Å². The number of hydrogen-bond donors (Lipinski definition) is 1. The summed E-state index contributed by atoms with van der Waals surface area (Å²) in [7, 11) is 2.00. The Kier molecular flexibility index (Phi) is 8.57. The van der Waals surface area contributed by atoms with Gasteiger partial charge in [0.15, 0.2) is 11.3 Å². The number of halogens is 1. The Morgan fingerprint density at radius 3 is 2.80 bits per heavy atom. The molecule has 44 heavy (non-hydrogen) atoms. The van der Waals surface area contributed by atoms with Gasteiger partial charge in [0, 0.05) is 43.6 Å². The number of anilines is 1. The van der Waals surface area contributed by atoms with E-state index in [9.17, 15) is 14.9 Å². The number of ether oxygens (including phenoxy) is 1. The standard InChI is InChI=1S/C32H33ClN8O3/c1-20-36-28-29(31(43)41(20)26-9-5-7-22-6-3-4-8-25(22)26)37-32(38-30(28)40-15-14-35-23(18-40)12-13-34)44-19-24-16-21(17-39(24)2)10-11-27(33)42/h3-11,21,23-24,35H,12,14-19H2,1-2H3/b11-10+/t21?,23-,24-/m0/s1. The van der Waals surface area contributed by atoms with Gasteiger partial charge in [0.05, 0.1) is 18.2 Å². The van der Waals surface area contributed by atoms with Crippen LogP contribution in [-0.4, -0.2) is 81.6 Å². The molecule has 3 atom stereocenters. The Morgan fingerprint density at radius 1 is 1.16 bits per heavy atom. The number of nitriles is 1. The number of carbonyl (C=O) groups is 1. The van der Waals surface area contributed by atoms with E-state index in [1.54, 1.807) is 4.57 Å². The maximum atomic E-state index is 14.3. The molecule has 226 valence electrons. The van der Waals surface area contributed by atoms with Gasteiger partial charge in [0.25, 0.3) is 5.56 Å². The van der Waals surface area contributed by atoms with Crippen molar-refractivity contribution in [3.8, 4) is 17.8 Å². The molecule has 2 aliphatic rings. The average Bonchev–Trinajstić information content (AvgIpc) is 3.38. The summed E-state index contributed by atoms with van der Waals surface area (Å²) in [5, 5.41) is 14.1. The molecule has 2 aliphatic heterocycles. The zero-order valence-corrected chi connectivity index (χ0v) is 25.4. The largest absolute Gasteiger partial charge is 0.462 e. The maximum absolute atomic E-state index is 14.3. The van der Waals surface area contributed by atoms with Gasteiger partial charge in [-0.05, 0) is 55.4 Å². The first-order valence-electron chi connectivity index (χ1n) is 14.7. The molecule has 1 N–H and O–H groups in total. The minimum Gasteiger partial charge on any atom is -0.462 e. The third-order valence-electron chi connectivity index (χ3n) is 8.37. The molecule has 0 amide bonds. The first kappa shape index (κ1) is 29.7. The van der Waals surface area contributed by atoms with E-state index in [2.05, 4.69) is 26.2 Å². The molecule has 2 saturated heterocycles. The van der Waals surface area contributed by atoms with Crippen LogP contribution in [0.5, 0.6) is 6.01 Å². The van der Waals surface area contributed by atoms with Crippen LogP contribution in [0.25, 0.3) is 27.5 Å². The molecule has 0 aliphatic carbocycles. The topological polar surface area (TPSA) is 129 Å². The predicted octanol–water partition coefficient (Wildman–Crippen LogP) is 3.35. The molecular weight excluding hydrogens is 580 g/mol. The van der Waals surface area contributed by atoms with E-state index in [0.29, 0.717) is 49.8 Å². The van der Waals surface area contributed by atoms with E-state index in [0.717, 1.165) is 29.4 Å². The van der Waals surface area contributed by atoms with Crippen molar-refractivity contribution in [1.29, 1.82) is 5.26 Å². The second-order valence-electron chi connectivity index (χ2n) is 11.3. The average molecular weight is 613 g/mol. The first-order valence-corrected chi connectivity index (χ1v) is 15.1. The van der Waals surface area contributed by atoms with Gasteiger partial charge < -0.3 is 15.0 Å².